The maximum Gasteiger partial charge on any atom is 0.246 e. The Morgan fingerprint density at radius 2 is 1.83 bits per heavy atom. The summed E-state index contributed by atoms with van der Waals surface area (Å²) < 4.78 is 5.18. The van der Waals surface area contributed by atoms with Crippen molar-refractivity contribution in [2.45, 2.75) is 31.8 Å². The highest BCUT2D eigenvalue weighted by molar-refractivity contribution is 6.32. The molecule has 1 aliphatic rings. The summed E-state index contributed by atoms with van der Waals surface area (Å²) >= 11 is 6.21. The molecule has 1 aliphatic heterocycles. The van der Waals surface area contributed by atoms with Gasteiger partial charge in [-0.2, -0.15) is 0 Å². The van der Waals surface area contributed by atoms with Crippen LogP contribution >= 0.6 is 11.6 Å². The van der Waals surface area contributed by atoms with Gasteiger partial charge in [0.2, 0.25) is 11.8 Å². The largest absolute Gasteiger partial charge is 0.495 e. The number of amides is 2. The molecule has 0 spiro atoms. The van der Waals surface area contributed by atoms with Gasteiger partial charge >= 0.3 is 0 Å². The first-order valence-electron chi connectivity index (χ1n) is 10.1. The van der Waals surface area contributed by atoms with Gasteiger partial charge in [-0.25, -0.2) is 0 Å². The minimum absolute atomic E-state index is 0.0715. The quantitative estimate of drug-likeness (QED) is 0.754. The van der Waals surface area contributed by atoms with Gasteiger partial charge < -0.3 is 15.0 Å². The van der Waals surface area contributed by atoms with Crippen molar-refractivity contribution in [3.63, 3.8) is 0 Å². The Labute approximate surface area is 182 Å². The van der Waals surface area contributed by atoms with E-state index >= 15 is 0 Å². The maximum atomic E-state index is 13.3. The van der Waals surface area contributed by atoms with Gasteiger partial charge in [-0.1, -0.05) is 41.9 Å². The number of ether oxygens (including phenoxy) is 1. The lowest BCUT2D eigenvalue weighted by Crippen LogP contribution is -2.48. The summed E-state index contributed by atoms with van der Waals surface area (Å²) in [7, 11) is 3.40. The van der Waals surface area contributed by atoms with E-state index < -0.39 is 6.04 Å². The number of benzene rings is 2. The number of nitrogens with one attached hydrogen (secondary N) is 1. The van der Waals surface area contributed by atoms with Crippen LogP contribution in [-0.4, -0.2) is 54.9 Å². The van der Waals surface area contributed by atoms with Crippen molar-refractivity contribution in [2.75, 3.05) is 32.6 Å². The van der Waals surface area contributed by atoms with Gasteiger partial charge in [0.25, 0.3) is 0 Å². The molecule has 1 heterocycles. The predicted octanol–water partition coefficient (Wildman–Crippen LogP) is 3.97. The molecule has 0 aliphatic carbocycles. The van der Waals surface area contributed by atoms with E-state index in [1.165, 1.54) is 0 Å². The van der Waals surface area contributed by atoms with Crippen LogP contribution < -0.4 is 10.1 Å². The second-order valence-electron chi connectivity index (χ2n) is 7.55. The van der Waals surface area contributed by atoms with Crippen LogP contribution in [0.25, 0.3) is 0 Å². The third-order valence-corrected chi connectivity index (χ3v) is 5.99. The molecule has 0 radical (unpaired) electrons. The van der Waals surface area contributed by atoms with Crippen LogP contribution in [0.15, 0.2) is 48.5 Å². The molecule has 2 aromatic rings. The fourth-order valence-corrected chi connectivity index (χ4v) is 4.16. The number of halogens is 1. The number of hydrogen-bond acceptors (Lipinski definition) is 4. The van der Waals surface area contributed by atoms with Crippen molar-refractivity contribution < 1.29 is 14.3 Å². The Kier molecular flexibility index (Phi) is 7.34. The van der Waals surface area contributed by atoms with Gasteiger partial charge in [-0.05, 0) is 36.6 Å². The summed E-state index contributed by atoms with van der Waals surface area (Å²) in [5.74, 6) is 0.522. The van der Waals surface area contributed by atoms with E-state index in [0.29, 0.717) is 16.5 Å². The van der Waals surface area contributed by atoms with Crippen LogP contribution in [0.4, 0.5) is 5.69 Å². The van der Waals surface area contributed by atoms with Crippen molar-refractivity contribution in [3.8, 4) is 5.75 Å². The monoisotopic (exact) mass is 429 g/mol. The fourth-order valence-electron chi connectivity index (χ4n) is 3.91. The molecule has 160 valence electrons. The van der Waals surface area contributed by atoms with E-state index in [1.54, 1.807) is 37.1 Å². The van der Waals surface area contributed by atoms with E-state index in [1.807, 2.05) is 37.4 Å². The summed E-state index contributed by atoms with van der Waals surface area (Å²) in [6.45, 7) is 3.06. The molecule has 1 fully saturated rings. The number of piperidine rings is 1. The number of likely N-dealkylation sites (tertiary alicyclic amines) is 1. The van der Waals surface area contributed by atoms with Crippen LogP contribution in [0.3, 0.4) is 0 Å². The van der Waals surface area contributed by atoms with Crippen LogP contribution in [0.1, 0.15) is 31.4 Å². The van der Waals surface area contributed by atoms with Gasteiger partial charge in [-0.3, -0.25) is 14.5 Å². The van der Waals surface area contributed by atoms with Gasteiger partial charge in [-0.15, -0.1) is 0 Å². The third-order valence-electron chi connectivity index (χ3n) is 5.69. The normalized spacial score (nSPS) is 16.0. The first-order chi connectivity index (χ1) is 14.4. The average molecular weight is 430 g/mol. The molecule has 1 saturated heterocycles. The van der Waals surface area contributed by atoms with Gasteiger partial charge in [0.05, 0.1) is 12.1 Å². The molecule has 1 N–H and O–H groups in total. The average Bonchev–Trinajstić information content (AvgIpc) is 2.75. The van der Waals surface area contributed by atoms with Gasteiger partial charge in [0.1, 0.15) is 11.8 Å². The highest BCUT2D eigenvalue weighted by atomic mass is 35.5. The summed E-state index contributed by atoms with van der Waals surface area (Å²) in [5.41, 5.74) is 1.56. The zero-order chi connectivity index (χ0) is 21.7. The Bertz CT molecular complexity index is 883. The number of carbonyl (C=O) groups excluding carboxylic acids is 2. The number of carbonyl (C=O) groups is 2. The molecule has 1 atom stereocenters. The van der Waals surface area contributed by atoms with Crippen LogP contribution in [0.5, 0.6) is 5.75 Å². The summed E-state index contributed by atoms with van der Waals surface area (Å²) in [6, 6.07) is 14.8. The molecular formula is C23H28ClN3O3. The minimum Gasteiger partial charge on any atom is -0.495 e. The Hall–Kier alpha value is -2.57. The molecule has 30 heavy (non-hydrogen) atoms. The van der Waals surface area contributed by atoms with Crippen LogP contribution in [-0.2, 0) is 9.59 Å². The molecule has 2 amide bonds. The second-order valence-corrected chi connectivity index (χ2v) is 7.96. The molecule has 0 saturated carbocycles. The smallest absolute Gasteiger partial charge is 0.246 e. The van der Waals surface area contributed by atoms with E-state index in [4.69, 9.17) is 16.3 Å². The lowest BCUT2D eigenvalue weighted by atomic mass is 9.97. The Morgan fingerprint density at radius 1 is 1.17 bits per heavy atom. The number of rotatable bonds is 6. The first-order valence-corrected chi connectivity index (χ1v) is 10.4. The molecule has 2 aromatic carbocycles. The third kappa shape index (κ3) is 5.12. The zero-order valence-electron chi connectivity index (χ0n) is 17.6. The number of nitrogens with zero attached hydrogens (tertiary/aromatic N) is 2. The van der Waals surface area contributed by atoms with Gasteiger partial charge in [0.15, 0.2) is 0 Å². The topological polar surface area (TPSA) is 61.9 Å². The van der Waals surface area contributed by atoms with Crippen molar-refractivity contribution in [1.29, 1.82) is 0 Å². The summed E-state index contributed by atoms with van der Waals surface area (Å²) in [4.78, 5) is 29.0. The van der Waals surface area contributed by atoms with Crippen molar-refractivity contribution in [2.24, 2.45) is 0 Å². The highest BCUT2D eigenvalue weighted by Gasteiger charge is 2.32. The Balaban J connectivity index is 1.77. The van der Waals surface area contributed by atoms with Crippen molar-refractivity contribution >= 4 is 29.1 Å². The summed E-state index contributed by atoms with van der Waals surface area (Å²) in [5, 5.41) is 3.44. The van der Waals surface area contributed by atoms with E-state index in [9.17, 15) is 9.59 Å². The first kappa shape index (κ1) is 22.1. The molecule has 7 heteroatoms. The fraction of sp³-hybridized carbons (Fsp3) is 0.391. The van der Waals surface area contributed by atoms with Crippen molar-refractivity contribution in [3.05, 3.63) is 59.1 Å². The number of methoxy groups -OCH3 is 1. The minimum atomic E-state index is -0.421. The lowest BCUT2D eigenvalue weighted by molar-refractivity contribution is -0.131. The molecule has 1 unspecified atom stereocenters. The molecule has 0 aromatic heterocycles. The van der Waals surface area contributed by atoms with E-state index in [-0.39, 0.29) is 17.9 Å². The van der Waals surface area contributed by atoms with Crippen LogP contribution in [0, 0.1) is 0 Å². The standard InChI is InChI=1S/C23H28ClN3O3/c1-16(28)26(2)19-11-13-27(14-12-19)22(17-7-5-4-6-8-17)23(29)25-18-9-10-21(30-3)20(24)15-18/h4-10,15,19,22H,11-14H2,1-3H3,(H,25,29). The van der Waals surface area contributed by atoms with E-state index in [0.717, 1.165) is 31.5 Å². The maximum absolute atomic E-state index is 13.3. The Morgan fingerprint density at radius 3 is 2.40 bits per heavy atom. The van der Waals surface area contributed by atoms with Gasteiger partial charge in [0, 0.05) is 38.8 Å². The summed E-state index contributed by atoms with van der Waals surface area (Å²) in [6.07, 6.45) is 1.67. The van der Waals surface area contributed by atoms with E-state index in [2.05, 4.69) is 10.2 Å². The van der Waals surface area contributed by atoms with Crippen molar-refractivity contribution in [1.82, 2.24) is 9.80 Å². The predicted molar refractivity (Wildman–Crippen MR) is 119 cm³/mol. The highest BCUT2D eigenvalue weighted by Crippen LogP contribution is 2.30. The lowest BCUT2D eigenvalue weighted by Gasteiger charge is -2.39. The number of hydrogen-bond donors (Lipinski definition) is 1. The second kappa shape index (κ2) is 9.96. The molecule has 6 nitrogen and oxygen atoms in total. The molecule has 3 rings (SSSR count). The molecule has 0 bridgehead atoms. The number of anilines is 1. The van der Waals surface area contributed by atoms with Crippen LogP contribution in [0.2, 0.25) is 5.02 Å². The SMILES string of the molecule is COc1ccc(NC(=O)C(c2ccccc2)N2CCC(N(C)C(C)=O)CC2)cc1Cl. The zero-order valence-corrected chi connectivity index (χ0v) is 18.4. The molecular weight excluding hydrogens is 402 g/mol.